The number of pyridine rings is 2. The topological polar surface area (TPSA) is 85.7 Å². The van der Waals surface area contributed by atoms with Crippen LogP contribution in [0.1, 0.15) is 37.1 Å². The average Bonchev–Trinajstić information content (AvgIpc) is 2.75. The van der Waals surface area contributed by atoms with Crippen molar-refractivity contribution in [3.8, 4) is 6.07 Å². The molecule has 1 aliphatic heterocycles. The van der Waals surface area contributed by atoms with Crippen LogP contribution in [0.15, 0.2) is 48.7 Å². The maximum Gasteiger partial charge on any atom is 0.143 e. The Morgan fingerprint density at radius 2 is 2.11 bits per heavy atom. The van der Waals surface area contributed by atoms with Gasteiger partial charge in [-0.2, -0.15) is 5.26 Å². The lowest BCUT2D eigenvalue weighted by Gasteiger charge is -2.24. The quantitative estimate of drug-likeness (QED) is 0.631. The molecule has 4 rings (SSSR count). The van der Waals surface area contributed by atoms with E-state index in [1.54, 1.807) is 6.07 Å². The maximum absolute atomic E-state index is 9.36. The molecule has 0 spiro atoms. The van der Waals surface area contributed by atoms with Gasteiger partial charge in [-0.1, -0.05) is 30.3 Å². The molecule has 1 aromatic carbocycles. The fourth-order valence-electron chi connectivity index (χ4n) is 3.61. The van der Waals surface area contributed by atoms with Gasteiger partial charge in [0.2, 0.25) is 0 Å². The van der Waals surface area contributed by atoms with E-state index < -0.39 is 0 Å². The van der Waals surface area contributed by atoms with Gasteiger partial charge in [-0.25, -0.2) is 9.97 Å². The molecule has 2 atom stereocenters. The molecule has 0 aliphatic carbocycles. The first kappa shape index (κ1) is 18.2. The number of hydrogen-bond donors (Lipinski definition) is 3. The summed E-state index contributed by atoms with van der Waals surface area (Å²) >= 11 is 0. The molecule has 3 N–H and O–H groups in total. The first-order chi connectivity index (χ1) is 13.7. The second kappa shape index (κ2) is 8.24. The summed E-state index contributed by atoms with van der Waals surface area (Å²) < 4.78 is 0. The minimum atomic E-state index is 0.0676. The average molecular weight is 372 g/mol. The van der Waals surface area contributed by atoms with Crippen molar-refractivity contribution >= 4 is 22.4 Å². The standard InChI is InChI=1S/C22H24N6/c1-15(16-6-3-2-4-7-16)26-22-20-11-21(27-18-8-5-9-24-14-18)25-13-17(20)10-19(12-23)28-22/h2-4,6-7,10-11,13,15,18,24H,5,8-9,14H2,1H3,(H,25,27)(H,26,28)/t15-,18?/m1/s1. The Kier molecular flexibility index (Phi) is 5.36. The zero-order valence-electron chi connectivity index (χ0n) is 15.9. The molecular weight excluding hydrogens is 348 g/mol. The van der Waals surface area contributed by atoms with Crippen molar-refractivity contribution in [2.24, 2.45) is 0 Å². The van der Waals surface area contributed by atoms with Crippen LogP contribution in [0.2, 0.25) is 0 Å². The highest BCUT2D eigenvalue weighted by molar-refractivity contribution is 5.93. The molecule has 1 saturated heterocycles. The van der Waals surface area contributed by atoms with Crippen LogP contribution in [0.3, 0.4) is 0 Å². The molecule has 142 valence electrons. The largest absolute Gasteiger partial charge is 0.366 e. The third-order valence-electron chi connectivity index (χ3n) is 5.13. The Labute approximate surface area is 165 Å². The van der Waals surface area contributed by atoms with Gasteiger partial charge >= 0.3 is 0 Å². The lowest BCUT2D eigenvalue weighted by atomic mass is 10.1. The zero-order chi connectivity index (χ0) is 19.3. The van der Waals surface area contributed by atoms with E-state index in [1.165, 1.54) is 12.0 Å². The molecule has 3 aromatic rings. The van der Waals surface area contributed by atoms with Gasteiger partial charge in [0.05, 0.1) is 0 Å². The second-order valence-electron chi connectivity index (χ2n) is 7.22. The Bertz CT molecular complexity index is 989. The summed E-state index contributed by atoms with van der Waals surface area (Å²) in [4.78, 5) is 9.08. The number of nitrogens with one attached hydrogen (secondary N) is 3. The summed E-state index contributed by atoms with van der Waals surface area (Å²) in [7, 11) is 0. The molecule has 1 unspecified atom stereocenters. The third kappa shape index (κ3) is 4.05. The first-order valence-corrected chi connectivity index (χ1v) is 9.72. The lowest BCUT2D eigenvalue weighted by Crippen LogP contribution is -2.38. The summed E-state index contributed by atoms with van der Waals surface area (Å²) in [6, 6.07) is 16.6. The van der Waals surface area contributed by atoms with Crippen LogP contribution in [0.25, 0.3) is 10.8 Å². The molecule has 3 heterocycles. The summed E-state index contributed by atoms with van der Waals surface area (Å²) in [6.45, 7) is 4.12. The van der Waals surface area contributed by atoms with E-state index in [4.69, 9.17) is 0 Å². The number of piperidine rings is 1. The number of hydrogen-bond acceptors (Lipinski definition) is 6. The van der Waals surface area contributed by atoms with Crippen molar-refractivity contribution in [3.05, 3.63) is 59.9 Å². The lowest BCUT2D eigenvalue weighted by molar-refractivity contribution is 0.479. The molecule has 0 saturated carbocycles. The van der Waals surface area contributed by atoms with E-state index in [9.17, 15) is 5.26 Å². The second-order valence-corrected chi connectivity index (χ2v) is 7.22. The zero-order valence-corrected chi connectivity index (χ0v) is 15.9. The predicted octanol–water partition coefficient (Wildman–Crippen LogP) is 3.84. The van der Waals surface area contributed by atoms with Crippen molar-refractivity contribution in [2.75, 3.05) is 23.7 Å². The highest BCUT2D eigenvalue weighted by Crippen LogP contribution is 2.28. The molecule has 1 fully saturated rings. The van der Waals surface area contributed by atoms with Crippen molar-refractivity contribution < 1.29 is 0 Å². The number of nitriles is 1. The smallest absolute Gasteiger partial charge is 0.143 e. The normalized spacial score (nSPS) is 17.6. The van der Waals surface area contributed by atoms with Gasteiger partial charge in [0.1, 0.15) is 23.4 Å². The molecule has 2 aromatic heterocycles. The van der Waals surface area contributed by atoms with Gasteiger partial charge in [0.25, 0.3) is 0 Å². The van der Waals surface area contributed by atoms with Crippen molar-refractivity contribution in [3.63, 3.8) is 0 Å². The molecular formula is C22H24N6. The van der Waals surface area contributed by atoms with Crippen LogP contribution in [0.4, 0.5) is 11.6 Å². The molecule has 0 bridgehead atoms. The van der Waals surface area contributed by atoms with Crippen LogP contribution in [0, 0.1) is 11.3 Å². The summed E-state index contributed by atoms with van der Waals surface area (Å²) in [5, 5.41) is 21.6. The van der Waals surface area contributed by atoms with E-state index in [-0.39, 0.29) is 6.04 Å². The number of anilines is 2. The molecule has 1 aliphatic rings. The van der Waals surface area contributed by atoms with E-state index >= 15 is 0 Å². The summed E-state index contributed by atoms with van der Waals surface area (Å²) in [5.41, 5.74) is 1.55. The number of benzene rings is 1. The minimum absolute atomic E-state index is 0.0676. The van der Waals surface area contributed by atoms with Crippen LogP contribution in [-0.4, -0.2) is 29.1 Å². The fraction of sp³-hybridized carbons (Fsp3) is 0.318. The van der Waals surface area contributed by atoms with E-state index in [0.717, 1.165) is 36.1 Å². The van der Waals surface area contributed by atoms with Gasteiger partial charge in [-0.05, 0) is 44.0 Å². The van der Waals surface area contributed by atoms with Crippen molar-refractivity contribution in [2.45, 2.75) is 31.8 Å². The Hall–Kier alpha value is -3.17. The highest BCUT2D eigenvalue weighted by atomic mass is 15.1. The minimum Gasteiger partial charge on any atom is -0.366 e. The molecule has 28 heavy (non-hydrogen) atoms. The maximum atomic E-state index is 9.36. The first-order valence-electron chi connectivity index (χ1n) is 9.72. The molecule has 0 radical (unpaired) electrons. The predicted molar refractivity (Wildman–Crippen MR) is 112 cm³/mol. The number of rotatable bonds is 5. The van der Waals surface area contributed by atoms with Crippen molar-refractivity contribution in [1.29, 1.82) is 5.26 Å². The molecule has 6 heteroatoms. The van der Waals surface area contributed by atoms with Crippen LogP contribution in [0.5, 0.6) is 0 Å². The Morgan fingerprint density at radius 3 is 2.86 bits per heavy atom. The fourth-order valence-corrected chi connectivity index (χ4v) is 3.61. The van der Waals surface area contributed by atoms with E-state index in [0.29, 0.717) is 17.6 Å². The molecule has 6 nitrogen and oxygen atoms in total. The number of aromatic nitrogens is 2. The number of nitrogens with zero attached hydrogens (tertiary/aromatic N) is 3. The van der Waals surface area contributed by atoms with Crippen LogP contribution in [-0.2, 0) is 0 Å². The van der Waals surface area contributed by atoms with Gasteiger partial charge < -0.3 is 16.0 Å². The van der Waals surface area contributed by atoms with Crippen LogP contribution < -0.4 is 16.0 Å². The summed E-state index contributed by atoms with van der Waals surface area (Å²) in [6.07, 6.45) is 4.11. The van der Waals surface area contributed by atoms with E-state index in [2.05, 4.69) is 51.0 Å². The third-order valence-corrected chi connectivity index (χ3v) is 5.13. The van der Waals surface area contributed by atoms with Crippen LogP contribution >= 0.6 is 0 Å². The highest BCUT2D eigenvalue weighted by Gasteiger charge is 2.15. The SMILES string of the molecule is C[C@@H](Nc1nc(C#N)cc2cnc(NC3CCCNC3)cc12)c1ccccc1. The monoisotopic (exact) mass is 372 g/mol. The van der Waals surface area contributed by atoms with E-state index in [1.807, 2.05) is 30.5 Å². The Balaban J connectivity index is 1.66. The number of fused-ring (bicyclic) bond motifs is 1. The van der Waals surface area contributed by atoms with Gasteiger partial charge in [-0.3, -0.25) is 0 Å². The Morgan fingerprint density at radius 1 is 1.25 bits per heavy atom. The van der Waals surface area contributed by atoms with Gasteiger partial charge in [0, 0.05) is 35.6 Å². The van der Waals surface area contributed by atoms with Crippen molar-refractivity contribution in [1.82, 2.24) is 15.3 Å². The molecule has 0 amide bonds. The van der Waals surface area contributed by atoms with Gasteiger partial charge in [0.15, 0.2) is 0 Å². The van der Waals surface area contributed by atoms with Gasteiger partial charge in [-0.15, -0.1) is 0 Å². The summed E-state index contributed by atoms with van der Waals surface area (Å²) in [5.74, 6) is 1.54.